The summed E-state index contributed by atoms with van der Waals surface area (Å²) in [7, 11) is 0. The first-order chi connectivity index (χ1) is 8.83. The molecular formula is C16H23NO. The van der Waals surface area contributed by atoms with E-state index in [1.54, 1.807) is 0 Å². The van der Waals surface area contributed by atoms with Gasteiger partial charge in [-0.3, -0.25) is 0 Å². The van der Waals surface area contributed by atoms with Crippen molar-refractivity contribution in [2.75, 3.05) is 13.1 Å². The van der Waals surface area contributed by atoms with Crippen LogP contribution in [0, 0.1) is 5.92 Å². The molecule has 1 aromatic rings. The molecule has 0 bridgehead atoms. The second-order valence-electron chi connectivity index (χ2n) is 5.83. The number of benzene rings is 1. The van der Waals surface area contributed by atoms with E-state index in [1.807, 2.05) is 0 Å². The minimum Gasteiger partial charge on any atom is -0.392 e. The number of piperidine rings is 1. The van der Waals surface area contributed by atoms with Crippen LogP contribution in [0.2, 0.25) is 0 Å². The molecule has 1 aromatic carbocycles. The predicted octanol–water partition coefficient (Wildman–Crippen LogP) is 2.08. The molecule has 1 fully saturated rings. The highest BCUT2D eigenvalue weighted by Gasteiger charge is 2.22. The third kappa shape index (κ3) is 2.60. The average molecular weight is 245 g/mol. The number of aliphatic hydroxyl groups is 1. The van der Waals surface area contributed by atoms with Crippen LogP contribution in [0.1, 0.15) is 36.0 Å². The summed E-state index contributed by atoms with van der Waals surface area (Å²) < 4.78 is 0. The molecule has 18 heavy (non-hydrogen) atoms. The predicted molar refractivity (Wildman–Crippen MR) is 73.8 cm³/mol. The minimum atomic E-state index is -0.183. The van der Waals surface area contributed by atoms with Gasteiger partial charge in [-0.1, -0.05) is 18.2 Å². The van der Waals surface area contributed by atoms with Crippen molar-refractivity contribution >= 4 is 0 Å². The number of hydrogen-bond acceptors (Lipinski definition) is 2. The van der Waals surface area contributed by atoms with Crippen LogP contribution < -0.4 is 5.32 Å². The molecule has 0 spiro atoms. The molecule has 2 aliphatic rings. The van der Waals surface area contributed by atoms with E-state index in [0.717, 1.165) is 19.5 Å². The Morgan fingerprint density at radius 1 is 1.22 bits per heavy atom. The molecule has 2 heteroatoms. The average Bonchev–Trinajstić information content (AvgIpc) is 2.87. The molecule has 0 saturated carbocycles. The Balaban J connectivity index is 1.64. The molecule has 1 aliphatic heterocycles. The highest BCUT2D eigenvalue weighted by molar-refractivity contribution is 5.35. The van der Waals surface area contributed by atoms with Gasteiger partial charge in [0, 0.05) is 6.54 Å². The Morgan fingerprint density at radius 3 is 2.94 bits per heavy atom. The first kappa shape index (κ1) is 12.2. The zero-order valence-corrected chi connectivity index (χ0v) is 11.0. The van der Waals surface area contributed by atoms with E-state index in [0.29, 0.717) is 5.92 Å². The fourth-order valence-corrected chi connectivity index (χ4v) is 3.37. The molecule has 3 rings (SSSR count). The van der Waals surface area contributed by atoms with E-state index in [4.69, 9.17) is 0 Å². The molecule has 2 N–H and O–H groups in total. The molecule has 98 valence electrons. The zero-order valence-electron chi connectivity index (χ0n) is 11.0. The largest absolute Gasteiger partial charge is 0.392 e. The lowest BCUT2D eigenvalue weighted by Crippen LogP contribution is -2.37. The van der Waals surface area contributed by atoms with Gasteiger partial charge in [-0.15, -0.1) is 0 Å². The van der Waals surface area contributed by atoms with E-state index in [2.05, 4.69) is 23.5 Å². The maximum Gasteiger partial charge on any atom is 0.0620 e. The first-order valence-electron chi connectivity index (χ1n) is 7.32. The van der Waals surface area contributed by atoms with E-state index < -0.39 is 0 Å². The van der Waals surface area contributed by atoms with Gasteiger partial charge in [0.15, 0.2) is 0 Å². The van der Waals surface area contributed by atoms with Gasteiger partial charge in [0.25, 0.3) is 0 Å². The molecule has 1 heterocycles. The van der Waals surface area contributed by atoms with Crippen LogP contribution in [0.25, 0.3) is 0 Å². The van der Waals surface area contributed by atoms with Crippen molar-refractivity contribution in [3.63, 3.8) is 0 Å². The normalized spacial score (nSPS) is 24.8. The highest BCUT2D eigenvalue weighted by atomic mass is 16.3. The summed E-state index contributed by atoms with van der Waals surface area (Å²) in [5.41, 5.74) is 4.35. The SMILES string of the molecule is OC(Cc1ccc2c(c1)CCC2)C1CCCNC1. The maximum absolute atomic E-state index is 10.3. The van der Waals surface area contributed by atoms with Gasteiger partial charge in [0.05, 0.1) is 6.10 Å². The van der Waals surface area contributed by atoms with Crippen molar-refractivity contribution < 1.29 is 5.11 Å². The molecule has 2 atom stereocenters. The van der Waals surface area contributed by atoms with Crippen LogP contribution in [0.15, 0.2) is 18.2 Å². The maximum atomic E-state index is 10.3. The van der Waals surface area contributed by atoms with Crippen LogP contribution in [0.4, 0.5) is 0 Å². The van der Waals surface area contributed by atoms with Crippen LogP contribution >= 0.6 is 0 Å². The fourth-order valence-electron chi connectivity index (χ4n) is 3.37. The summed E-state index contributed by atoms with van der Waals surface area (Å²) in [6.07, 6.45) is 6.77. The smallest absolute Gasteiger partial charge is 0.0620 e. The second kappa shape index (κ2) is 5.41. The lowest BCUT2D eigenvalue weighted by Gasteiger charge is -2.27. The lowest BCUT2D eigenvalue weighted by atomic mass is 9.89. The fraction of sp³-hybridized carbons (Fsp3) is 0.625. The number of hydrogen-bond donors (Lipinski definition) is 2. The summed E-state index contributed by atoms with van der Waals surface area (Å²) in [6.45, 7) is 2.09. The van der Waals surface area contributed by atoms with Crippen molar-refractivity contribution in [1.82, 2.24) is 5.32 Å². The Morgan fingerprint density at radius 2 is 2.11 bits per heavy atom. The van der Waals surface area contributed by atoms with Gasteiger partial charge in [-0.25, -0.2) is 0 Å². The highest BCUT2D eigenvalue weighted by Crippen LogP contribution is 2.24. The van der Waals surface area contributed by atoms with Crippen LogP contribution in [0.3, 0.4) is 0 Å². The van der Waals surface area contributed by atoms with Gasteiger partial charge >= 0.3 is 0 Å². The third-order valence-corrected chi connectivity index (χ3v) is 4.49. The van der Waals surface area contributed by atoms with Gasteiger partial charge in [0.1, 0.15) is 0 Å². The summed E-state index contributed by atoms with van der Waals surface area (Å²) in [5, 5.41) is 13.7. The van der Waals surface area contributed by atoms with Gasteiger partial charge in [0.2, 0.25) is 0 Å². The van der Waals surface area contributed by atoms with Gasteiger partial charge < -0.3 is 10.4 Å². The molecule has 0 aromatic heterocycles. The number of rotatable bonds is 3. The Hall–Kier alpha value is -0.860. The molecule has 0 amide bonds. The lowest BCUT2D eigenvalue weighted by molar-refractivity contribution is 0.0922. The molecule has 2 unspecified atom stereocenters. The Labute approximate surface area is 109 Å². The van der Waals surface area contributed by atoms with Crippen molar-refractivity contribution in [2.24, 2.45) is 5.92 Å². The monoisotopic (exact) mass is 245 g/mol. The van der Waals surface area contributed by atoms with Crippen molar-refractivity contribution in [1.29, 1.82) is 0 Å². The standard InChI is InChI=1S/C16H23NO/c18-16(15-5-2-8-17-11-15)10-12-6-7-13-3-1-4-14(13)9-12/h6-7,9,15-18H,1-5,8,10-11H2. The Bertz CT molecular complexity index is 410. The van der Waals surface area contributed by atoms with Crippen LogP contribution in [-0.2, 0) is 19.3 Å². The van der Waals surface area contributed by atoms with Crippen molar-refractivity contribution in [2.45, 2.75) is 44.6 Å². The molecular weight excluding hydrogens is 222 g/mol. The van der Waals surface area contributed by atoms with Crippen LogP contribution in [-0.4, -0.2) is 24.3 Å². The third-order valence-electron chi connectivity index (χ3n) is 4.49. The van der Waals surface area contributed by atoms with Crippen molar-refractivity contribution in [3.8, 4) is 0 Å². The summed E-state index contributed by atoms with van der Waals surface area (Å²) in [5.74, 6) is 0.437. The summed E-state index contributed by atoms with van der Waals surface area (Å²) >= 11 is 0. The molecule has 1 saturated heterocycles. The first-order valence-corrected chi connectivity index (χ1v) is 7.32. The Kier molecular flexibility index (Phi) is 3.67. The molecule has 0 radical (unpaired) electrons. The van der Waals surface area contributed by atoms with Crippen molar-refractivity contribution in [3.05, 3.63) is 34.9 Å². The molecule has 2 nitrogen and oxygen atoms in total. The number of aryl methyl sites for hydroxylation is 2. The van der Waals surface area contributed by atoms with E-state index in [1.165, 1.54) is 48.8 Å². The summed E-state index contributed by atoms with van der Waals surface area (Å²) in [6, 6.07) is 6.80. The number of nitrogens with one attached hydrogen (secondary N) is 1. The van der Waals surface area contributed by atoms with Gasteiger partial charge in [-0.2, -0.15) is 0 Å². The zero-order chi connectivity index (χ0) is 12.4. The minimum absolute atomic E-state index is 0.183. The number of fused-ring (bicyclic) bond motifs is 1. The molecule has 1 aliphatic carbocycles. The van der Waals surface area contributed by atoms with E-state index in [9.17, 15) is 5.11 Å². The second-order valence-corrected chi connectivity index (χ2v) is 5.83. The van der Waals surface area contributed by atoms with E-state index >= 15 is 0 Å². The van der Waals surface area contributed by atoms with E-state index in [-0.39, 0.29) is 6.10 Å². The summed E-state index contributed by atoms with van der Waals surface area (Å²) in [4.78, 5) is 0. The topological polar surface area (TPSA) is 32.3 Å². The quantitative estimate of drug-likeness (QED) is 0.854. The number of aliphatic hydroxyl groups excluding tert-OH is 1. The van der Waals surface area contributed by atoms with Crippen LogP contribution in [0.5, 0.6) is 0 Å². The van der Waals surface area contributed by atoms with Gasteiger partial charge in [-0.05, 0) is 67.7 Å².